The van der Waals surface area contributed by atoms with Gasteiger partial charge in [0.2, 0.25) is 5.91 Å². The molecule has 0 unspecified atom stereocenters. The van der Waals surface area contributed by atoms with Crippen molar-refractivity contribution in [3.63, 3.8) is 0 Å². The first-order valence-corrected chi connectivity index (χ1v) is 9.80. The van der Waals surface area contributed by atoms with Gasteiger partial charge < -0.3 is 15.0 Å². The van der Waals surface area contributed by atoms with Gasteiger partial charge in [0.15, 0.2) is 6.61 Å². The van der Waals surface area contributed by atoms with E-state index in [-0.39, 0.29) is 37.4 Å². The van der Waals surface area contributed by atoms with Crippen molar-refractivity contribution < 1.29 is 19.1 Å². The number of nitrogens with one attached hydrogen (secondary N) is 1. The van der Waals surface area contributed by atoms with Gasteiger partial charge in [-0.3, -0.25) is 14.4 Å². The minimum Gasteiger partial charge on any atom is -0.455 e. The Labute approximate surface area is 172 Å². The first kappa shape index (κ1) is 20.1. The molecule has 7 heteroatoms. The molecule has 146 valence electrons. The smallest absolute Gasteiger partial charge is 0.311 e. The summed E-state index contributed by atoms with van der Waals surface area (Å²) in [5, 5.41) is 2.79. The van der Waals surface area contributed by atoms with Crippen LogP contribution in [0.1, 0.15) is 24.9 Å². The van der Waals surface area contributed by atoms with Crippen molar-refractivity contribution in [2.75, 3.05) is 18.1 Å². The summed E-state index contributed by atoms with van der Waals surface area (Å²) in [7, 11) is 0. The van der Waals surface area contributed by atoms with Crippen molar-refractivity contribution in [3.05, 3.63) is 64.6 Å². The van der Waals surface area contributed by atoms with E-state index in [1.165, 1.54) is 0 Å². The van der Waals surface area contributed by atoms with Gasteiger partial charge in [-0.1, -0.05) is 46.3 Å². The van der Waals surface area contributed by atoms with Crippen LogP contribution in [0.25, 0.3) is 0 Å². The van der Waals surface area contributed by atoms with Crippen LogP contribution in [0.3, 0.4) is 0 Å². The highest BCUT2D eigenvalue weighted by molar-refractivity contribution is 9.10. The number of carbonyl (C=O) groups is 3. The maximum Gasteiger partial charge on any atom is 0.311 e. The number of benzene rings is 2. The zero-order valence-electron chi connectivity index (χ0n) is 15.4. The second kappa shape index (κ2) is 9.01. The Morgan fingerprint density at radius 3 is 2.54 bits per heavy atom. The number of hydrogen-bond acceptors (Lipinski definition) is 4. The van der Waals surface area contributed by atoms with Crippen molar-refractivity contribution in [3.8, 4) is 0 Å². The first-order chi connectivity index (χ1) is 13.4. The predicted octanol–water partition coefficient (Wildman–Crippen LogP) is 3.22. The van der Waals surface area contributed by atoms with Crippen molar-refractivity contribution in [2.24, 2.45) is 5.92 Å². The van der Waals surface area contributed by atoms with Crippen molar-refractivity contribution in [2.45, 2.75) is 19.4 Å². The van der Waals surface area contributed by atoms with Gasteiger partial charge in [-0.25, -0.2) is 0 Å². The number of halogens is 1. The van der Waals surface area contributed by atoms with Gasteiger partial charge in [-0.05, 0) is 36.8 Å². The molecule has 1 heterocycles. The summed E-state index contributed by atoms with van der Waals surface area (Å²) in [6.45, 7) is 1.75. The molecule has 0 aliphatic carbocycles. The van der Waals surface area contributed by atoms with Gasteiger partial charge in [0.1, 0.15) is 0 Å². The van der Waals surface area contributed by atoms with Gasteiger partial charge in [-0.2, -0.15) is 0 Å². The van der Waals surface area contributed by atoms with Gasteiger partial charge >= 0.3 is 5.97 Å². The largest absolute Gasteiger partial charge is 0.455 e. The van der Waals surface area contributed by atoms with Crippen molar-refractivity contribution >= 4 is 39.4 Å². The number of esters is 1. The molecule has 0 bridgehead atoms. The lowest BCUT2D eigenvalue weighted by Gasteiger charge is -2.17. The van der Waals surface area contributed by atoms with Crippen LogP contribution in [0.15, 0.2) is 59.1 Å². The van der Waals surface area contributed by atoms with E-state index in [0.29, 0.717) is 0 Å². The van der Waals surface area contributed by atoms with Crippen LogP contribution in [0.2, 0.25) is 0 Å². The zero-order valence-corrected chi connectivity index (χ0v) is 17.0. The topological polar surface area (TPSA) is 75.7 Å². The van der Waals surface area contributed by atoms with Crippen LogP contribution in [0.4, 0.5) is 5.69 Å². The monoisotopic (exact) mass is 444 g/mol. The maximum absolute atomic E-state index is 12.3. The average molecular weight is 445 g/mol. The molecule has 2 atom stereocenters. The van der Waals surface area contributed by atoms with Gasteiger partial charge in [-0.15, -0.1) is 0 Å². The third-order valence-corrected chi connectivity index (χ3v) is 5.15. The second-order valence-electron chi connectivity index (χ2n) is 6.69. The Morgan fingerprint density at radius 1 is 1.18 bits per heavy atom. The summed E-state index contributed by atoms with van der Waals surface area (Å²) in [6, 6.07) is 16.6. The Bertz CT molecular complexity index is 854. The zero-order chi connectivity index (χ0) is 20.1. The number of rotatable bonds is 6. The van der Waals surface area contributed by atoms with Crippen LogP contribution in [-0.2, 0) is 19.1 Å². The molecule has 1 aliphatic heterocycles. The molecule has 2 aromatic rings. The Hall–Kier alpha value is -2.67. The molecule has 2 amide bonds. The molecule has 6 nitrogen and oxygen atoms in total. The fourth-order valence-corrected chi connectivity index (χ4v) is 3.36. The van der Waals surface area contributed by atoms with Crippen LogP contribution in [-0.4, -0.2) is 30.9 Å². The molecule has 3 rings (SSSR count). The summed E-state index contributed by atoms with van der Waals surface area (Å²) in [4.78, 5) is 38.2. The molecule has 1 aliphatic rings. The van der Waals surface area contributed by atoms with E-state index in [1.54, 1.807) is 4.90 Å². The number of carbonyl (C=O) groups excluding carboxylic acids is 3. The normalized spacial score (nSPS) is 17.3. The highest BCUT2D eigenvalue weighted by atomic mass is 79.9. The van der Waals surface area contributed by atoms with E-state index in [0.717, 1.165) is 15.7 Å². The van der Waals surface area contributed by atoms with Crippen LogP contribution in [0, 0.1) is 5.92 Å². The molecular formula is C21H21BrN2O4. The lowest BCUT2D eigenvalue weighted by Crippen LogP contribution is -2.32. The van der Waals surface area contributed by atoms with Gasteiger partial charge in [0.05, 0.1) is 12.0 Å². The fraction of sp³-hybridized carbons (Fsp3) is 0.286. The quantitative estimate of drug-likeness (QED) is 0.693. The molecular weight excluding hydrogens is 424 g/mol. The molecule has 1 N–H and O–H groups in total. The number of ether oxygens (including phenoxy) is 1. The Balaban J connectivity index is 1.49. The predicted molar refractivity (Wildman–Crippen MR) is 109 cm³/mol. The molecule has 0 aromatic heterocycles. The average Bonchev–Trinajstić information content (AvgIpc) is 3.09. The summed E-state index contributed by atoms with van der Waals surface area (Å²) >= 11 is 3.35. The minimum absolute atomic E-state index is 0.0803. The van der Waals surface area contributed by atoms with E-state index in [1.807, 2.05) is 61.5 Å². The Morgan fingerprint density at radius 2 is 1.86 bits per heavy atom. The van der Waals surface area contributed by atoms with E-state index in [4.69, 9.17) is 4.74 Å². The van der Waals surface area contributed by atoms with E-state index >= 15 is 0 Å². The summed E-state index contributed by atoms with van der Waals surface area (Å²) < 4.78 is 6.05. The number of anilines is 1. The number of nitrogens with zero attached hydrogens (tertiary/aromatic N) is 1. The molecule has 0 radical (unpaired) electrons. The van der Waals surface area contributed by atoms with Crippen LogP contribution >= 0.6 is 15.9 Å². The standard InChI is InChI=1S/C21H21BrN2O4/c1-14(15-5-3-2-4-6-15)23-19(25)13-28-21(27)16-11-20(26)24(12-16)18-9-7-17(22)8-10-18/h2-10,14,16H,11-13H2,1H3,(H,23,25)/t14-,16+/m1/s1. The first-order valence-electron chi connectivity index (χ1n) is 9.01. The lowest BCUT2D eigenvalue weighted by molar-refractivity contribution is -0.152. The highest BCUT2D eigenvalue weighted by Crippen LogP contribution is 2.27. The Kier molecular flexibility index (Phi) is 6.46. The van der Waals surface area contributed by atoms with Crippen LogP contribution in [0.5, 0.6) is 0 Å². The third kappa shape index (κ3) is 4.98. The molecule has 28 heavy (non-hydrogen) atoms. The maximum atomic E-state index is 12.3. The summed E-state index contributed by atoms with van der Waals surface area (Å²) in [5.74, 6) is -1.61. The molecule has 0 spiro atoms. The van der Waals surface area contributed by atoms with Crippen molar-refractivity contribution in [1.82, 2.24) is 5.32 Å². The van der Waals surface area contributed by atoms with Crippen LogP contribution < -0.4 is 10.2 Å². The molecule has 1 fully saturated rings. The van der Waals surface area contributed by atoms with Crippen molar-refractivity contribution in [1.29, 1.82) is 0 Å². The SMILES string of the molecule is C[C@@H](NC(=O)COC(=O)[C@H]1CC(=O)N(c2ccc(Br)cc2)C1)c1ccccc1. The molecule has 0 saturated carbocycles. The lowest BCUT2D eigenvalue weighted by atomic mass is 10.1. The second-order valence-corrected chi connectivity index (χ2v) is 7.61. The van der Waals surface area contributed by atoms with Gasteiger partial charge in [0, 0.05) is 23.1 Å². The molecule has 2 aromatic carbocycles. The summed E-state index contributed by atoms with van der Waals surface area (Å²) in [6.07, 6.45) is 0.0803. The number of hydrogen-bond donors (Lipinski definition) is 1. The highest BCUT2D eigenvalue weighted by Gasteiger charge is 2.36. The van der Waals surface area contributed by atoms with E-state index in [9.17, 15) is 14.4 Å². The minimum atomic E-state index is -0.574. The molecule has 1 saturated heterocycles. The fourth-order valence-electron chi connectivity index (χ4n) is 3.10. The number of amides is 2. The van der Waals surface area contributed by atoms with Gasteiger partial charge in [0.25, 0.3) is 5.91 Å². The third-order valence-electron chi connectivity index (χ3n) is 4.62. The van der Waals surface area contributed by atoms with E-state index < -0.39 is 11.9 Å². The van der Waals surface area contributed by atoms with E-state index in [2.05, 4.69) is 21.2 Å². The summed E-state index contributed by atoms with van der Waals surface area (Å²) in [5.41, 5.74) is 1.70.